The van der Waals surface area contributed by atoms with Gasteiger partial charge in [0.05, 0.1) is 5.54 Å². The zero-order chi connectivity index (χ0) is 15.5. The van der Waals surface area contributed by atoms with Crippen LogP contribution in [0.3, 0.4) is 0 Å². The number of piperazine rings is 1. The summed E-state index contributed by atoms with van der Waals surface area (Å²) in [4.78, 5) is 2.77. The van der Waals surface area contributed by atoms with Crippen molar-refractivity contribution in [1.29, 1.82) is 0 Å². The van der Waals surface area contributed by atoms with Crippen LogP contribution in [0.25, 0.3) is 0 Å². The summed E-state index contributed by atoms with van der Waals surface area (Å²) in [6, 6.07) is 11.6. The molecule has 2 atom stereocenters. The maximum Gasteiger partial charge on any atom is 0.0535 e. The molecule has 2 rings (SSSR count). The molecule has 1 aromatic carbocycles. The second-order valence-corrected chi connectivity index (χ2v) is 7.00. The lowest BCUT2D eigenvalue weighted by atomic mass is 9.81. The number of nitrogens with one attached hydrogen (secondary N) is 1. The summed E-state index contributed by atoms with van der Waals surface area (Å²) in [5, 5.41) is 3.84. The number of nitrogens with zero attached hydrogens (tertiary/aromatic N) is 1. The molecule has 1 N–H and O–H groups in total. The van der Waals surface area contributed by atoms with Gasteiger partial charge in [-0.3, -0.25) is 4.90 Å². The monoisotopic (exact) mass is 288 g/mol. The molecule has 1 aliphatic rings. The van der Waals surface area contributed by atoms with Crippen LogP contribution >= 0.6 is 0 Å². The van der Waals surface area contributed by atoms with Crippen molar-refractivity contribution in [2.24, 2.45) is 0 Å². The third kappa shape index (κ3) is 3.17. The molecule has 1 saturated heterocycles. The Balaban J connectivity index is 2.31. The quantitative estimate of drug-likeness (QED) is 0.875. The zero-order valence-electron chi connectivity index (χ0n) is 14.4. The molecule has 0 aromatic heterocycles. The Kier molecular flexibility index (Phi) is 5.11. The maximum atomic E-state index is 3.84. The van der Waals surface area contributed by atoms with Crippen molar-refractivity contribution in [2.75, 3.05) is 13.1 Å². The first-order chi connectivity index (χ1) is 9.99. The first-order valence-electron chi connectivity index (χ1n) is 8.56. The summed E-state index contributed by atoms with van der Waals surface area (Å²) < 4.78 is 0. The summed E-state index contributed by atoms with van der Waals surface area (Å²) in [5.41, 5.74) is 1.72. The van der Waals surface area contributed by atoms with Crippen LogP contribution < -0.4 is 5.32 Å². The van der Waals surface area contributed by atoms with Crippen LogP contribution in [-0.4, -0.2) is 29.6 Å². The molecule has 2 unspecified atom stereocenters. The van der Waals surface area contributed by atoms with E-state index in [2.05, 4.69) is 75.2 Å². The number of hydrogen-bond acceptors (Lipinski definition) is 2. The fourth-order valence-corrected chi connectivity index (χ4v) is 3.70. The van der Waals surface area contributed by atoms with E-state index < -0.39 is 0 Å². The minimum Gasteiger partial charge on any atom is -0.305 e. The smallest absolute Gasteiger partial charge is 0.0535 e. The minimum absolute atomic E-state index is 0.0541. The average molecular weight is 288 g/mol. The van der Waals surface area contributed by atoms with Gasteiger partial charge < -0.3 is 5.32 Å². The van der Waals surface area contributed by atoms with Crippen molar-refractivity contribution in [3.63, 3.8) is 0 Å². The number of benzene rings is 1. The van der Waals surface area contributed by atoms with Gasteiger partial charge in [0, 0.05) is 24.7 Å². The summed E-state index contributed by atoms with van der Waals surface area (Å²) in [6.45, 7) is 13.9. The second kappa shape index (κ2) is 6.50. The molecule has 0 spiro atoms. The lowest BCUT2D eigenvalue weighted by Crippen LogP contribution is -2.68. The molecule has 1 fully saturated rings. The molecule has 0 saturated carbocycles. The van der Waals surface area contributed by atoms with Gasteiger partial charge in [0.15, 0.2) is 0 Å². The van der Waals surface area contributed by atoms with Crippen molar-refractivity contribution in [3.8, 4) is 0 Å². The second-order valence-electron chi connectivity index (χ2n) is 7.00. The third-order valence-electron chi connectivity index (χ3n) is 5.60. The van der Waals surface area contributed by atoms with Gasteiger partial charge in [-0.05, 0) is 38.7 Å². The molecule has 118 valence electrons. The van der Waals surface area contributed by atoms with Crippen LogP contribution in [0.2, 0.25) is 0 Å². The minimum atomic E-state index is 0.0541. The van der Waals surface area contributed by atoms with Gasteiger partial charge in [0.2, 0.25) is 0 Å². The van der Waals surface area contributed by atoms with Gasteiger partial charge >= 0.3 is 0 Å². The van der Waals surface area contributed by atoms with E-state index in [0.29, 0.717) is 6.04 Å². The molecule has 2 nitrogen and oxygen atoms in total. The number of hydrogen-bond donors (Lipinski definition) is 1. The Labute approximate surface area is 130 Å². The molecule has 0 radical (unpaired) electrons. The van der Waals surface area contributed by atoms with Crippen LogP contribution in [0.15, 0.2) is 30.3 Å². The van der Waals surface area contributed by atoms with Crippen LogP contribution in [0.5, 0.6) is 0 Å². The highest BCUT2D eigenvalue weighted by Gasteiger charge is 2.44. The van der Waals surface area contributed by atoms with Gasteiger partial charge in [0.25, 0.3) is 0 Å². The van der Waals surface area contributed by atoms with Crippen molar-refractivity contribution in [1.82, 2.24) is 10.2 Å². The molecule has 1 aliphatic heterocycles. The predicted octanol–water partition coefficient (Wildman–Crippen LogP) is 4.16. The highest BCUT2D eigenvalue weighted by atomic mass is 15.3. The zero-order valence-corrected chi connectivity index (χ0v) is 14.4. The highest BCUT2D eigenvalue weighted by Crippen LogP contribution is 2.35. The van der Waals surface area contributed by atoms with Gasteiger partial charge in [0.1, 0.15) is 0 Å². The number of rotatable bonds is 5. The molecular formula is C19H32N2. The molecule has 0 aliphatic carbocycles. The Morgan fingerprint density at radius 2 is 1.71 bits per heavy atom. The standard InChI is InChI=1S/C19H32N2/c1-6-17(7-2)21-15-19(5,16-12-10-9-11-13-16)20-14-18(21,4)8-3/h9-13,17,20H,6-8,14-15H2,1-5H3. The van der Waals surface area contributed by atoms with E-state index in [1.165, 1.54) is 24.8 Å². The third-order valence-corrected chi connectivity index (χ3v) is 5.60. The van der Waals surface area contributed by atoms with E-state index in [9.17, 15) is 0 Å². The van der Waals surface area contributed by atoms with Crippen molar-refractivity contribution in [3.05, 3.63) is 35.9 Å². The summed E-state index contributed by atoms with van der Waals surface area (Å²) in [5.74, 6) is 0. The lowest BCUT2D eigenvalue weighted by molar-refractivity contribution is -0.0194. The van der Waals surface area contributed by atoms with Gasteiger partial charge in [-0.1, -0.05) is 51.1 Å². The molecule has 2 heteroatoms. The Morgan fingerprint density at radius 1 is 1.10 bits per heavy atom. The van der Waals surface area contributed by atoms with E-state index >= 15 is 0 Å². The molecule has 0 bridgehead atoms. The fourth-order valence-electron chi connectivity index (χ4n) is 3.70. The highest BCUT2D eigenvalue weighted by molar-refractivity contribution is 5.26. The van der Waals surface area contributed by atoms with E-state index in [-0.39, 0.29) is 11.1 Å². The molecule has 1 aromatic rings. The Morgan fingerprint density at radius 3 is 2.24 bits per heavy atom. The van der Waals surface area contributed by atoms with Crippen LogP contribution in [-0.2, 0) is 5.54 Å². The summed E-state index contributed by atoms with van der Waals surface area (Å²) >= 11 is 0. The Bertz CT molecular complexity index is 440. The fraction of sp³-hybridized carbons (Fsp3) is 0.684. The predicted molar refractivity (Wildman–Crippen MR) is 91.6 cm³/mol. The van der Waals surface area contributed by atoms with E-state index in [4.69, 9.17) is 0 Å². The summed E-state index contributed by atoms with van der Waals surface area (Å²) in [6.07, 6.45) is 3.66. The van der Waals surface area contributed by atoms with E-state index in [1.54, 1.807) is 0 Å². The van der Waals surface area contributed by atoms with E-state index in [1.807, 2.05) is 0 Å². The van der Waals surface area contributed by atoms with Crippen molar-refractivity contribution < 1.29 is 0 Å². The molecule has 21 heavy (non-hydrogen) atoms. The molecule has 1 heterocycles. The molecule has 0 amide bonds. The van der Waals surface area contributed by atoms with Gasteiger partial charge in [-0.15, -0.1) is 0 Å². The van der Waals surface area contributed by atoms with Crippen LogP contribution in [0.1, 0.15) is 59.4 Å². The Hall–Kier alpha value is -0.860. The van der Waals surface area contributed by atoms with Crippen molar-refractivity contribution >= 4 is 0 Å². The largest absolute Gasteiger partial charge is 0.305 e. The first-order valence-corrected chi connectivity index (χ1v) is 8.56. The van der Waals surface area contributed by atoms with Crippen molar-refractivity contribution in [2.45, 2.75) is 71.0 Å². The van der Waals surface area contributed by atoms with Gasteiger partial charge in [-0.2, -0.15) is 0 Å². The maximum absolute atomic E-state index is 3.84. The van der Waals surface area contributed by atoms with Gasteiger partial charge in [-0.25, -0.2) is 0 Å². The van der Waals surface area contributed by atoms with Crippen LogP contribution in [0.4, 0.5) is 0 Å². The first kappa shape index (κ1) is 16.5. The normalized spacial score (nSPS) is 30.8. The SMILES string of the molecule is CCC(CC)N1CC(C)(c2ccccc2)NCC1(C)CC. The van der Waals surface area contributed by atoms with E-state index in [0.717, 1.165) is 13.1 Å². The average Bonchev–Trinajstić information content (AvgIpc) is 2.53. The lowest BCUT2D eigenvalue weighted by Gasteiger charge is -2.55. The van der Waals surface area contributed by atoms with Crippen LogP contribution in [0, 0.1) is 0 Å². The molecular weight excluding hydrogens is 256 g/mol. The summed E-state index contributed by atoms with van der Waals surface area (Å²) in [7, 11) is 0. The topological polar surface area (TPSA) is 15.3 Å².